The summed E-state index contributed by atoms with van der Waals surface area (Å²) in [6.07, 6.45) is -4.59. The highest BCUT2D eigenvalue weighted by Gasteiger charge is 2.34. The zero-order valence-corrected chi connectivity index (χ0v) is 10.4. The smallest absolute Gasteiger partial charge is 0.395 e. The lowest BCUT2D eigenvalue weighted by Crippen LogP contribution is -2.24. The molecule has 0 radical (unpaired) electrons. The monoisotopic (exact) mass is 282 g/mol. The maximum Gasteiger partial charge on any atom is 0.416 e. The summed E-state index contributed by atoms with van der Waals surface area (Å²) in [5.41, 5.74) is -1.26. The molecule has 18 heavy (non-hydrogen) atoms. The van der Waals surface area contributed by atoms with Crippen LogP contribution < -0.4 is 0 Å². The molecule has 0 aliphatic carbocycles. The van der Waals surface area contributed by atoms with Crippen molar-refractivity contribution in [3.63, 3.8) is 0 Å². The lowest BCUT2D eigenvalue weighted by molar-refractivity contribution is -0.138. The summed E-state index contributed by atoms with van der Waals surface area (Å²) in [5, 5.41) is 7.69. The van der Waals surface area contributed by atoms with E-state index in [1.165, 1.54) is 19.1 Å². The summed E-state index contributed by atoms with van der Waals surface area (Å²) in [6, 6.07) is 4.52. The minimum Gasteiger partial charge on any atom is -0.395 e. The van der Waals surface area contributed by atoms with Crippen molar-refractivity contribution in [3.8, 4) is 0 Å². The predicted octanol–water partition coefficient (Wildman–Crippen LogP) is 2.00. The van der Waals surface area contributed by atoms with E-state index in [0.717, 1.165) is 12.1 Å². The standard InChI is InChI=1S/C11H13F3O3S/c1-8(6-15)18(16,17)7-9-4-2-3-5-10(9)11(12,13)14/h2-5,8,15H,6-7H2,1H3/t8-/m1/s1. The SMILES string of the molecule is C[C@H](CO)S(=O)(=O)Cc1ccccc1C(F)(F)F. The predicted molar refractivity (Wildman–Crippen MR) is 60.6 cm³/mol. The second-order valence-corrected chi connectivity index (χ2v) is 6.37. The first-order chi connectivity index (χ1) is 8.18. The van der Waals surface area contributed by atoms with E-state index in [0.29, 0.717) is 0 Å². The van der Waals surface area contributed by atoms with Gasteiger partial charge in [-0.2, -0.15) is 13.2 Å². The van der Waals surface area contributed by atoms with Crippen LogP contribution in [0, 0.1) is 0 Å². The van der Waals surface area contributed by atoms with Gasteiger partial charge < -0.3 is 5.11 Å². The fourth-order valence-corrected chi connectivity index (χ4v) is 2.59. The third-order valence-electron chi connectivity index (χ3n) is 2.55. The zero-order valence-electron chi connectivity index (χ0n) is 9.61. The van der Waals surface area contributed by atoms with Crippen molar-refractivity contribution in [1.29, 1.82) is 0 Å². The minimum atomic E-state index is -4.59. The van der Waals surface area contributed by atoms with E-state index in [9.17, 15) is 21.6 Å². The first-order valence-electron chi connectivity index (χ1n) is 5.16. The van der Waals surface area contributed by atoms with Crippen molar-refractivity contribution >= 4 is 9.84 Å². The molecule has 0 aliphatic rings. The van der Waals surface area contributed by atoms with Gasteiger partial charge in [-0.3, -0.25) is 0 Å². The van der Waals surface area contributed by atoms with Gasteiger partial charge in [0, 0.05) is 0 Å². The van der Waals surface area contributed by atoms with Gasteiger partial charge >= 0.3 is 6.18 Å². The lowest BCUT2D eigenvalue weighted by Gasteiger charge is -2.14. The van der Waals surface area contributed by atoms with Crippen LogP contribution in [-0.2, 0) is 21.8 Å². The van der Waals surface area contributed by atoms with E-state index in [1.807, 2.05) is 0 Å². The molecule has 0 bridgehead atoms. The fourth-order valence-electron chi connectivity index (χ4n) is 1.40. The van der Waals surface area contributed by atoms with Crippen LogP contribution in [0.3, 0.4) is 0 Å². The third kappa shape index (κ3) is 3.46. The van der Waals surface area contributed by atoms with E-state index < -0.39 is 39.2 Å². The Labute approximate surface area is 103 Å². The number of aliphatic hydroxyl groups excluding tert-OH is 1. The largest absolute Gasteiger partial charge is 0.416 e. The molecule has 1 N–H and O–H groups in total. The summed E-state index contributed by atoms with van der Waals surface area (Å²) in [6.45, 7) is 0.641. The van der Waals surface area contributed by atoms with E-state index in [4.69, 9.17) is 5.11 Å². The van der Waals surface area contributed by atoms with Gasteiger partial charge in [-0.15, -0.1) is 0 Å². The van der Waals surface area contributed by atoms with Crippen LogP contribution in [0.5, 0.6) is 0 Å². The van der Waals surface area contributed by atoms with Gasteiger partial charge in [0.1, 0.15) is 0 Å². The molecule has 0 fully saturated rings. The average Bonchev–Trinajstić information content (AvgIpc) is 2.26. The van der Waals surface area contributed by atoms with Gasteiger partial charge in [0.25, 0.3) is 0 Å². The molecule has 1 aromatic carbocycles. The maximum atomic E-state index is 12.7. The Bertz CT molecular complexity index is 509. The van der Waals surface area contributed by atoms with E-state index in [1.54, 1.807) is 0 Å². The lowest BCUT2D eigenvalue weighted by atomic mass is 10.1. The van der Waals surface area contributed by atoms with Gasteiger partial charge in [0.15, 0.2) is 9.84 Å². The van der Waals surface area contributed by atoms with Gasteiger partial charge in [-0.05, 0) is 18.6 Å². The first kappa shape index (κ1) is 15.0. The van der Waals surface area contributed by atoms with Crippen LogP contribution in [0.1, 0.15) is 18.1 Å². The van der Waals surface area contributed by atoms with E-state index >= 15 is 0 Å². The van der Waals surface area contributed by atoms with Gasteiger partial charge in [0.05, 0.1) is 23.2 Å². The Morgan fingerprint density at radius 1 is 1.28 bits per heavy atom. The molecule has 0 amide bonds. The molecule has 0 aliphatic heterocycles. The van der Waals surface area contributed by atoms with Crippen molar-refractivity contribution in [2.24, 2.45) is 0 Å². The quantitative estimate of drug-likeness (QED) is 0.919. The van der Waals surface area contributed by atoms with E-state index in [-0.39, 0.29) is 5.56 Å². The van der Waals surface area contributed by atoms with Crippen molar-refractivity contribution in [2.75, 3.05) is 6.61 Å². The van der Waals surface area contributed by atoms with Gasteiger partial charge in [-0.1, -0.05) is 18.2 Å². The summed E-state index contributed by atoms with van der Waals surface area (Å²) in [5.74, 6) is -0.732. The molecule has 1 rings (SSSR count). The van der Waals surface area contributed by atoms with Crippen LogP contribution >= 0.6 is 0 Å². The Morgan fingerprint density at radius 3 is 2.33 bits per heavy atom. The number of halogens is 3. The highest BCUT2D eigenvalue weighted by molar-refractivity contribution is 7.91. The summed E-state index contributed by atoms with van der Waals surface area (Å²) in [7, 11) is -3.80. The second-order valence-electron chi connectivity index (χ2n) is 3.96. The molecule has 0 saturated heterocycles. The number of alkyl halides is 3. The maximum absolute atomic E-state index is 12.7. The fraction of sp³-hybridized carbons (Fsp3) is 0.455. The molecular formula is C11H13F3O3S. The molecule has 1 atom stereocenters. The average molecular weight is 282 g/mol. The zero-order chi connectivity index (χ0) is 14.0. The molecule has 3 nitrogen and oxygen atoms in total. The third-order valence-corrected chi connectivity index (χ3v) is 4.64. The molecule has 0 saturated carbocycles. The molecule has 102 valence electrons. The topological polar surface area (TPSA) is 54.4 Å². The number of rotatable bonds is 4. The van der Waals surface area contributed by atoms with Crippen LogP contribution in [0.25, 0.3) is 0 Å². The molecule has 0 aromatic heterocycles. The summed E-state index contributed by atoms with van der Waals surface area (Å²) >= 11 is 0. The number of aliphatic hydroxyl groups is 1. The first-order valence-corrected chi connectivity index (χ1v) is 6.87. The number of hydrogen-bond donors (Lipinski definition) is 1. The minimum absolute atomic E-state index is 0.301. The highest BCUT2D eigenvalue weighted by Crippen LogP contribution is 2.32. The normalized spacial score (nSPS) is 14.5. The Balaban J connectivity index is 3.14. The number of hydrogen-bond acceptors (Lipinski definition) is 3. The Morgan fingerprint density at radius 2 is 1.83 bits per heavy atom. The Hall–Kier alpha value is -1.08. The summed E-state index contributed by atoms with van der Waals surface area (Å²) < 4.78 is 61.4. The number of benzene rings is 1. The van der Waals surface area contributed by atoms with Crippen molar-refractivity contribution in [1.82, 2.24) is 0 Å². The van der Waals surface area contributed by atoms with Crippen molar-refractivity contribution in [2.45, 2.75) is 24.1 Å². The molecule has 0 spiro atoms. The molecule has 0 heterocycles. The van der Waals surface area contributed by atoms with Crippen LogP contribution in [0.2, 0.25) is 0 Å². The molecule has 7 heteroatoms. The van der Waals surface area contributed by atoms with Crippen molar-refractivity contribution in [3.05, 3.63) is 35.4 Å². The summed E-state index contributed by atoms with van der Waals surface area (Å²) in [4.78, 5) is 0. The molecule has 0 unspecified atom stereocenters. The van der Waals surface area contributed by atoms with Crippen LogP contribution in [-0.4, -0.2) is 25.4 Å². The molecule has 1 aromatic rings. The highest BCUT2D eigenvalue weighted by atomic mass is 32.2. The van der Waals surface area contributed by atoms with Crippen LogP contribution in [0.4, 0.5) is 13.2 Å². The van der Waals surface area contributed by atoms with Crippen molar-refractivity contribution < 1.29 is 26.7 Å². The Kier molecular flexibility index (Phi) is 4.39. The molecular weight excluding hydrogens is 269 g/mol. The van der Waals surface area contributed by atoms with Gasteiger partial charge in [0.2, 0.25) is 0 Å². The van der Waals surface area contributed by atoms with E-state index in [2.05, 4.69) is 0 Å². The van der Waals surface area contributed by atoms with Gasteiger partial charge in [-0.25, -0.2) is 8.42 Å². The van der Waals surface area contributed by atoms with Crippen LogP contribution in [0.15, 0.2) is 24.3 Å². The second kappa shape index (κ2) is 5.27. The number of sulfone groups is 1.